The Balaban J connectivity index is 2.17. The molecule has 1 heterocycles. The van der Waals surface area contributed by atoms with E-state index in [4.69, 9.17) is 9.47 Å². The van der Waals surface area contributed by atoms with Crippen molar-refractivity contribution in [3.63, 3.8) is 0 Å². The van der Waals surface area contributed by atoms with Crippen molar-refractivity contribution >= 4 is 0 Å². The number of H-pyrrole nitrogens is 1. The van der Waals surface area contributed by atoms with E-state index in [-0.39, 0.29) is 12.1 Å². The summed E-state index contributed by atoms with van der Waals surface area (Å²) in [6, 6.07) is 6.15. The van der Waals surface area contributed by atoms with Crippen LogP contribution in [0.3, 0.4) is 0 Å². The molecule has 108 valence electrons. The molecule has 1 aromatic heterocycles. The summed E-state index contributed by atoms with van der Waals surface area (Å²) in [7, 11) is 3.34. The molecule has 5 nitrogen and oxygen atoms in total. The number of nitrogens with one attached hydrogen (secondary N) is 2. The van der Waals surface area contributed by atoms with Crippen LogP contribution in [0.4, 0.5) is 0 Å². The minimum Gasteiger partial charge on any atom is -0.497 e. The second-order valence-corrected chi connectivity index (χ2v) is 4.75. The number of rotatable bonds is 6. The first-order chi connectivity index (χ1) is 9.65. The van der Waals surface area contributed by atoms with E-state index in [0.29, 0.717) is 0 Å². The molecular formula is C15H21N3O2. The highest BCUT2D eigenvalue weighted by atomic mass is 16.5. The largest absolute Gasteiger partial charge is 0.497 e. The quantitative estimate of drug-likeness (QED) is 0.851. The lowest BCUT2D eigenvalue weighted by atomic mass is 10.0. The minimum atomic E-state index is 0.130. The van der Waals surface area contributed by atoms with Gasteiger partial charge in [0, 0.05) is 29.4 Å². The third-order valence-corrected chi connectivity index (χ3v) is 3.42. The summed E-state index contributed by atoms with van der Waals surface area (Å²) in [6.07, 6.45) is 3.72. The highest BCUT2D eigenvalue weighted by molar-refractivity contribution is 5.42. The average molecular weight is 275 g/mol. The first-order valence-corrected chi connectivity index (χ1v) is 6.62. The Morgan fingerprint density at radius 2 is 1.95 bits per heavy atom. The summed E-state index contributed by atoms with van der Waals surface area (Å²) in [6.45, 7) is 4.21. The molecule has 2 aromatic rings. The van der Waals surface area contributed by atoms with Crippen LogP contribution in [0.25, 0.3) is 0 Å². The maximum absolute atomic E-state index is 5.42. The summed E-state index contributed by atoms with van der Waals surface area (Å²) in [5.74, 6) is 1.68. The monoisotopic (exact) mass is 275 g/mol. The van der Waals surface area contributed by atoms with Gasteiger partial charge in [0.2, 0.25) is 0 Å². The van der Waals surface area contributed by atoms with Crippen LogP contribution in [0, 0.1) is 0 Å². The van der Waals surface area contributed by atoms with E-state index in [0.717, 1.165) is 22.6 Å². The summed E-state index contributed by atoms with van der Waals surface area (Å²) < 4.78 is 10.7. The lowest BCUT2D eigenvalue weighted by Crippen LogP contribution is -2.22. The molecule has 0 radical (unpaired) electrons. The van der Waals surface area contributed by atoms with Gasteiger partial charge >= 0.3 is 0 Å². The summed E-state index contributed by atoms with van der Waals surface area (Å²) in [4.78, 5) is 0. The van der Waals surface area contributed by atoms with Gasteiger partial charge in [0.05, 0.1) is 20.4 Å². The second-order valence-electron chi connectivity index (χ2n) is 4.75. The van der Waals surface area contributed by atoms with Gasteiger partial charge in [-0.25, -0.2) is 0 Å². The zero-order valence-corrected chi connectivity index (χ0v) is 12.3. The molecule has 0 fully saturated rings. The number of nitrogens with zero attached hydrogens (tertiary/aromatic N) is 1. The van der Waals surface area contributed by atoms with Crippen LogP contribution in [-0.2, 0) is 0 Å². The Morgan fingerprint density at radius 1 is 1.15 bits per heavy atom. The van der Waals surface area contributed by atoms with Crippen molar-refractivity contribution in [3.8, 4) is 11.5 Å². The van der Waals surface area contributed by atoms with Crippen LogP contribution in [0.1, 0.15) is 37.1 Å². The molecule has 0 aliphatic rings. The van der Waals surface area contributed by atoms with Crippen molar-refractivity contribution < 1.29 is 9.47 Å². The molecule has 0 aliphatic heterocycles. The Bertz CT molecular complexity index is 540. The van der Waals surface area contributed by atoms with Crippen LogP contribution < -0.4 is 14.8 Å². The standard InChI is InChI=1S/C15H21N3O2/c1-10(12-8-16-17-9-12)18-11(2)14-7-13(19-3)5-6-15(14)20-4/h5-11,18H,1-4H3,(H,16,17). The maximum Gasteiger partial charge on any atom is 0.123 e. The minimum absolute atomic E-state index is 0.130. The van der Waals surface area contributed by atoms with Crippen LogP contribution >= 0.6 is 0 Å². The summed E-state index contributed by atoms with van der Waals surface area (Å²) in [5, 5.41) is 10.3. The normalized spacial score (nSPS) is 13.8. The lowest BCUT2D eigenvalue weighted by molar-refractivity contribution is 0.387. The van der Waals surface area contributed by atoms with Gasteiger partial charge in [-0.3, -0.25) is 5.10 Å². The molecule has 2 atom stereocenters. The first kappa shape index (κ1) is 14.4. The molecule has 2 N–H and O–H groups in total. The van der Waals surface area contributed by atoms with Crippen molar-refractivity contribution in [2.24, 2.45) is 0 Å². The highest BCUT2D eigenvalue weighted by Crippen LogP contribution is 2.30. The van der Waals surface area contributed by atoms with Gasteiger partial charge < -0.3 is 14.8 Å². The van der Waals surface area contributed by atoms with Crippen LogP contribution in [0.2, 0.25) is 0 Å². The van der Waals surface area contributed by atoms with Gasteiger partial charge in [-0.1, -0.05) is 0 Å². The molecule has 1 aromatic carbocycles. The Hall–Kier alpha value is -2.01. The number of hydrogen-bond donors (Lipinski definition) is 2. The fourth-order valence-corrected chi connectivity index (χ4v) is 2.24. The predicted molar refractivity (Wildman–Crippen MR) is 78.1 cm³/mol. The Kier molecular flexibility index (Phi) is 4.63. The number of aromatic amines is 1. The molecule has 0 aliphatic carbocycles. The number of hydrogen-bond acceptors (Lipinski definition) is 4. The van der Waals surface area contributed by atoms with E-state index in [1.54, 1.807) is 14.2 Å². The van der Waals surface area contributed by atoms with Crippen molar-refractivity contribution in [3.05, 3.63) is 41.7 Å². The Morgan fingerprint density at radius 3 is 2.55 bits per heavy atom. The molecule has 0 bridgehead atoms. The molecular weight excluding hydrogens is 254 g/mol. The fourth-order valence-electron chi connectivity index (χ4n) is 2.24. The first-order valence-electron chi connectivity index (χ1n) is 6.62. The Labute approximate surface area is 119 Å². The van der Waals surface area contributed by atoms with E-state index in [1.807, 2.05) is 30.6 Å². The number of ether oxygens (including phenoxy) is 2. The molecule has 0 saturated carbocycles. The van der Waals surface area contributed by atoms with Crippen LogP contribution in [0.5, 0.6) is 11.5 Å². The van der Waals surface area contributed by atoms with Gasteiger partial charge in [-0.15, -0.1) is 0 Å². The van der Waals surface area contributed by atoms with E-state index in [2.05, 4.69) is 29.4 Å². The van der Waals surface area contributed by atoms with Gasteiger partial charge in [0.1, 0.15) is 11.5 Å². The molecule has 0 amide bonds. The van der Waals surface area contributed by atoms with Crippen LogP contribution in [0.15, 0.2) is 30.6 Å². The highest BCUT2D eigenvalue weighted by Gasteiger charge is 2.16. The van der Waals surface area contributed by atoms with E-state index >= 15 is 0 Å². The molecule has 2 rings (SSSR count). The van der Waals surface area contributed by atoms with Crippen LogP contribution in [-0.4, -0.2) is 24.4 Å². The molecule has 0 spiro atoms. The van der Waals surface area contributed by atoms with Gasteiger partial charge in [-0.2, -0.15) is 5.10 Å². The fraction of sp³-hybridized carbons (Fsp3) is 0.400. The second kappa shape index (κ2) is 6.43. The molecule has 5 heteroatoms. The van der Waals surface area contributed by atoms with Crippen molar-refractivity contribution in [2.45, 2.75) is 25.9 Å². The molecule has 20 heavy (non-hydrogen) atoms. The third-order valence-electron chi connectivity index (χ3n) is 3.42. The molecule has 2 unspecified atom stereocenters. The maximum atomic E-state index is 5.42. The number of methoxy groups -OCH3 is 2. The zero-order valence-electron chi connectivity index (χ0n) is 12.3. The SMILES string of the molecule is COc1ccc(OC)c(C(C)NC(C)c2cn[nH]c2)c1. The number of benzene rings is 1. The average Bonchev–Trinajstić information content (AvgIpc) is 3.00. The van der Waals surface area contributed by atoms with Crippen molar-refractivity contribution in [1.29, 1.82) is 0 Å². The summed E-state index contributed by atoms with van der Waals surface area (Å²) in [5.41, 5.74) is 2.20. The van der Waals surface area contributed by atoms with E-state index < -0.39 is 0 Å². The zero-order chi connectivity index (χ0) is 14.5. The third kappa shape index (κ3) is 3.11. The summed E-state index contributed by atoms with van der Waals surface area (Å²) >= 11 is 0. The number of aromatic nitrogens is 2. The van der Waals surface area contributed by atoms with Crippen molar-refractivity contribution in [1.82, 2.24) is 15.5 Å². The van der Waals surface area contributed by atoms with Crippen molar-refractivity contribution in [2.75, 3.05) is 14.2 Å². The van der Waals surface area contributed by atoms with Gasteiger partial charge in [0.25, 0.3) is 0 Å². The van der Waals surface area contributed by atoms with E-state index in [9.17, 15) is 0 Å². The molecule has 0 saturated heterocycles. The predicted octanol–water partition coefficient (Wildman–Crippen LogP) is 2.84. The lowest BCUT2D eigenvalue weighted by Gasteiger charge is -2.21. The van der Waals surface area contributed by atoms with Gasteiger partial charge in [0.15, 0.2) is 0 Å². The van der Waals surface area contributed by atoms with E-state index in [1.165, 1.54) is 0 Å². The smallest absolute Gasteiger partial charge is 0.123 e. The topological polar surface area (TPSA) is 59.2 Å². The van der Waals surface area contributed by atoms with Gasteiger partial charge in [-0.05, 0) is 32.0 Å².